The standard InChI is InChI=1S/C31H40N4O4S.ClH/c1-4-5-20-35(30-9-7-6-8-24(30)2)31(36)32-26-18-21-34(22-19-26)23-25-10-14-28(15-11-25)39-29-16-12-27(13-17-29)33-40(3,37)38;/h6-17,26,33H,4-5,18-23H2,1-3H3,(H,32,36);1H. The number of carbonyl (C=O) groups is 1. The van der Waals surface area contributed by atoms with E-state index in [1.807, 2.05) is 35.2 Å². The van der Waals surface area contributed by atoms with Crippen LogP contribution >= 0.6 is 12.4 Å². The number of hydrogen-bond donors (Lipinski definition) is 2. The molecular formula is C31H41ClN4O4S. The van der Waals surface area contributed by atoms with Crippen LogP contribution in [0.3, 0.4) is 0 Å². The third-order valence-electron chi connectivity index (χ3n) is 7.02. The van der Waals surface area contributed by atoms with Crippen molar-refractivity contribution in [3.05, 3.63) is 83.9 Å². The van der Waals surface area contributed by atoms with Crippen LogP contribution in [0.4, 0.5) is 16.2 Å². The maximum Gasteiger partial charge on any atom is 0.322 e. The number of para-hydroxylation sites is 1. The van der Waals surface area contributed by atoms with Crippen LogP contribution in [0, 0.1) is 6.92 Å². The van der Waals surface area contributed by atoms with Crippen molar-refractivity contribution in [2.24, 2.45) is 0 Å². The second-order valence-corrected chi connectivity index (χ2v) is 12.2. The summed E-state index contributed by atoms with van der Waals surface area (Å²) in [5, 5.41) is 3.29. The monoisotopic (exact) mass is 600 g/mol. The number of sulfonamides is 1. The van der Waals surface area contributed by atoms with Gasteiger partial charge >= 0.3 is 6.03 Å². The fourth-order valence-electron chi connectivity index (χ4n) is 4.86. The number of amides is 2. The first-order valence-corrected chi connectivity index (χ1v) is 15.8. The fourth-order valence-corrected chi connectivity index (χ4v) is 5.43. The molecule has 1 fully saturated rings. The number of piperidine rings is 1. The van der Waals surface area contributed by atoms with Crippen molar-refractivity contribution in [1.82, 2.24) is 10.2 Å². The lowest BCUT2D eigenvalue weighted by Gasteiger charge is -2.34. The number of nitrogens with zero attached hydrogens (tertiary/aromatic N) is 2. The average molecular weight is 601 g/mol. The van der Waals surface area contributed by atoms with Gasteiger partial charge in [-0.2, -0.15) is 0 Å². The molecule has 0 unspecified atom stereocenters. The van der Waals surface area contributed by atoms with Crippen LogP contribution < -0.4 is 19.7 Å². The van der Waals surface area contributed by atoms with E-state index >= 15 is 0 Å². The van der Waals surface area contributed by atoms with E-state index in [1.54, 1.807) is 24.3 Å². The Hall–Kier alpha value is -3.27. The Bertz CT molecular complexity index is 1360. The number of rotatable bonds is 11. The smallest absolute Gasteiger partial charge is 0.322 e. The predicted molar refractivity (Wildman–Crippen MR) is 169 cm³/mol. The Labute approximate surface area is 250 Å². The molecule has 1 heterocycles. The molecule has 1 saturated heterocycles. The predicted octanol–water partition coefficient (Wildman–Crippen LogP) is 6.56. The summed E-state index contributed by atoms with van der Waals surface area (Å²) in [5.41, 5.74) is 3.79. The van der Waals surface area contributed by atoms with Gasteiger partial charge in [0, 0.05) is 43.6 Å². The highest BCUT2D eigenvalue weighted by Gasteiger charge is 2.24. The van der Waals surface area contributed by atoms with Gasteiger partial charge in [-0.1, -0.05) is 43.7 Å². The second kappa shape index (κ2) is 15.1. The summed E-state index contributed by atoms with van der Waals surface area (Å²) in [6.45, 7) is 7.62. The zero-order valence-corrected chi connectivity index (χ0v) is 25.6. The summed E-state index contributed by atoms with van der Waals surface area (Å²) in [4.78, 5) is 17.6. The molecule has 3 aromatic rings. The summed E-state index contributed by atoms with van der Waals surface area (Å²) in [5.74, 6) is 1.35. The molecule has 0 radical (unpaired) electrons. The van der Waals surface area contributed by atoms with Crippen molar-refractivity contribution >= 4 is 39.8 Å². The lowest BCUT2D eigenvalue weighted by molar-refractivity contribution is 0.188. The number of unbranched alkanes of at least 4 members (excludes halogenated alkanes) is 1. The molecule has 0 bridgehead atoms. The lowest BCUT2D eigenvalue weighted by atomic mass is 10.0. The number of halogens is 1. The third-order valence-corrected chi connectivity index (χ3v) is 7.63. The normalized spacial score (nSPS) is 14.1. The molecule has 0 saturated carbocycles. The summed E-state index contributed by atoms with van der Waals surface area (Å²) in [7, 11) is -3.31. The number of nitrogens with one attached hydrogen (secondary N) is 2. The molecule has 8 nitrogen and oxygen atoms in total. The first-order valence-electron chi connectivity index (χ1n) is 13.9. The molecule has 0 aromatic heterocycles. The van der Waals surface area contributed by atoms with Crippen molar-refractivity contribution in [3.63, 3.8) is 0 Å². The van der Waals surface area contributed by atoms with E-state index in [9.17, 15) is 13.2 Å². The first-order chi connectivity index (χ1) is 19.2. The van der Waals surface area contributed by atoms with Crippen molar-refractivity contribution < 1.29 is 17.9 Å². The summed E-state index contributed by atoms with van der Waals surface area (Å²) < 4.78 is 31.1. The van der Waals surface area contributed by atoms with Crippen LogP contribution in [0.25, 0.3) is 0 Å². The first kappa shape index (κ1) is 32.2. The Morgan fingerprint density at radius 3 is 2.17 bits per heavy atom. The number of carbonyl (C=O) groups excluding carboxylic acids is 1. The van der Waals surface area contributed by atoms with Crippen molar-refractivity contribution in [3.8, 4) is 11.5 Å². The van der Waals surface area contributed by atoms with Gasteiger partial charge in [-0.15, -0.1) is 12.4 Å². The highest BCUT2D eigenvalue weighted by Crippen LogP contribution is 2.25. The molecule has 4 rings (SSSR count). The minimum atomic E-state index is -3.31. The van der Waals surface area contributed by atoms with E-state index in [0.717, 1.165) is 75.1 Å². The van der Waals surface area contributed by atoms with E-state index in [4.69, 9.17) is 4.74 Å². The average Bonchev–Trinajstić information content (AvgIpc) is 2.92. The fraction of sp³-hybridized carbons (Fsp3) is 0.387. The van der Waals surface area contributed by atoms with Crippen LogP contribution in [-0.2, 0) is 16.6 Å². The SMILES string of the molecule is CCCCN(C(=O)NC1CCN(Cc2ccc(Oc3ccc(NS(C)(=O)=O)cc3)cc2)CC1)c1ccccc1C.Cl. The quantitative estimate of drug-likeness (QED) is 0.260. The number of aryl methyl sites for hydroxylation is 1. The molecule has 0 atom stereocenters. The van der Waals surface area contributed by atoms with Gasteiger partial charge in [0.25, 0.3) is 0 Å². The minimum absolute atomic E-state index is 0. The Balaban J connectivity index is 0.00000462. The van der Waals surface area contributed by atoms with Gasteiger partial charge in [-0.05, 0) is 79.8 Å². The third kappa shape index (κ3) is 9.95. The van der Waals surface area contributed by atoms with Crippen molar-refractivity contribution in [1.29, 1.82) is 0 Å². The summed E-state index contributed by atoms with van der Waals surface area (Å²) >= 11 is 0. The number of likely N-dealkylation sites (tertiary alicyclic amines) is 1. The zero-order chi connectivity index (χ0) is 28.5. The van der Waals surface area contributed by atoms with Gasteiger partial charge in [0.2, 0.25) is 10.0 Å². The number of hydrogen-bond acceptors (Lipinski definition) is 5. The molecule has 2 N–H and O–H groups in total. The largest absolute Gasteiger partial charge is 0.457 e. The maximum absolute atomic E-state index is 13.2. The topological polar surface area (TPSA) is 91.0 Å². The molecule has 1 aliphatic rings. The molecule has 2 amide bonds. The van der Waals surface area contributed by atoms with Crippen LogP contribution in [0.15, 0.2) is 72.8 Å². The molecule has 1 aliphatic heterocycles. The van der Waals surface area contributed by atoms with Gasteiger partial charge in [-0.3, -0.25) is 14.5 Å². The second-order valence-electron chi connectivity index (χ2n) is 10.4. The van der Waals surface area contributed by atoms with Gasteiger partial charge < -0.3 is 10.1 Å². The molecule has 0 spiro atoms. The lowest BCUT2D eigenvalue weighted by Crippen LogP contribution is -2.49. The summed E-state index contributed by atoms with van der Waals surface area (Å²) in [6.07, 6.45) is 4.98. The molecule has 0 aliphatic carbocycles. The van der Waals surface area contributed by atoms with E-state index in [1.165, 1.54) is 5.56 Å². The van der Waals surface area contributed by atoms with Crippen molar-refractivity contribution in [2.75, 3.05) is 35.5 Å². The van der Waals surface area contributed by atoms with Crippen LogP contribution in [-0.4, -0.2) is 51.3 Å². The van der Waals surface area contributed by atoms with E-state index in [0.29, 0.717) is 11.4 Å². The molecule has 3 aromatic carbocycles. The van der Waals surface area contributed by atoms with Crippen LogP contribution in [0.1, 0.15) is 43.7 Å². The van der Waals surface area contributed by atoms with E-state index in [-0.39, 0.29) is 24.5 Å². The van der Waals surface area contributed by atoms with Crippen LogP contribution in [0.2, 0.25) is 0 Å². The van der Waals surface area contributed by atoms with Crippen LogP contribution in [0.5, 0.6) is 11.5 Å². The summed E-state index contributed by atoms with van der Waals surface area (Å²) in [6, 6.07) is 23.1. The number of anilines is 2. The maximum atomic E-state index is 13.2. The van der Waals surface area contributed by atoms with Gasteiger partial charge in [-0.25, -0.2) is 13.2 Å². The number of urea groups is 1. The highest BCUT2D eigenvalue weighted by atomic mass is 35.5. The molecule has 41 heavy (non-hydrogen) atoms. The van der Waals surface area contributed by atoms with Gasteiger partial charge in [0.1, 0.15) is 11.5 Å². The molecular weight excluding hydrogens is 560 g/mol. The highest BCUT2D eigenvalue weighted by molar-refractivity contribution is 7.92. The zero-order valence-electron chi connectivity index (χ0n) is 24.0. The molecule has 10 heteroatoms. The van der Waals surface area contributed by atoms with E-state index < -0.39 is 10.0 Å². The Morgan fingerprint density at radius 2 is 1.59 bits per heavy atom. The molecule has 222 valence electrons. The number of benzene rings is 3. The Kier molecular flexibility index (Phi) is 11.9. The minimum Gasteiger partial charge on any atom is -0.457 e. The van der Waals surface area contributed by atoms with E-state index in [2.05, 4.69) is 47.0 Å². The van der Waals surface area contributed by atoms with Gasteiger partial charge in [0.05, 0.1) is 6.26 Å². The van der Waals surface area contributed by atoms with Gasteiger partial charge in [0.15, 0.2) is 0 Å². The Morgan fingerprint density at radius 1 is 0.976 bits per heavy atom. The number of ether oxygens (including phenoxy) is 1. The van der Waals surface area contributed by atoms with Crippen molar-refractivity contribution in [2.45, 2.75) is 52.1 Å².